The van der Waals surface area contributed by atoms with E-state index in [2.05, 4.69) is 24.4 Å². The van der Waals surface area contributed by atoms with Crippen molar-refractivity contribution in [1.29, 1.82) is 0 Å². The number of hydrogen-bond acceptors (Lipinski definition) is 6. The summed E-state index contributed by atoms with van der Waals surface area (Å²) in [7, 11) is -3.70. The lowest BCUT2D eigenvalue weighted by Crippen LogP contribution is -2.12. The third kappa shape index (κ3) is 3.74. The van der Waals surface area contributed by atoms with E-state index < -0.39 is 15.6 Å². The van der Waals surface area contributed by atoms with Gasteiger partial charge in [-0.3, -0.25) is 9.78 Å². The lowest BCUT2D eigenvalue weighted by atomic mass is 10.2. The smallest absolute Gasteiger partial charge is 0.280 e. The molecule has 2 rings (SSSR count). The molecule has 11 nitrogen and oxygen atoms in total. The normalized spacial score (nSPS) is 11.5. The van der Waals surface area contributed by atoms with Crippen LogP contribution in [0.25, 0.3) is 21.6 Å². The molecule has 0 radical (unpaired) electrons. The van der Waals surface area contributed by atoms with E-state index in [0.29, 0.717) is 31.5 Å². The van der Waals surface area contributed by atoms with Gasteiger partial charge in [0.15, 0.2) is 11.2 Å². The van der Waals surface area contributed by atoms with Gasteiger partial charge in [0.05, 0.1) is 12.1 Å². The number of azide groups is 1. The number of nitrogens with one attached hydrogen (secondary N) is 1. The van der Waals surface area contributed by atoms with Crippen molar-refractivity contribution in [2.45, 2.75) is 25.8 Å². The molecule has 12 heteroatoms. The standard InChI is InChI=1S/C10H14N8O3S/c11-10-14-8-7(9(19)15-10)13-6-18(8)4-2-1-3-5-22(20,21)17-16-12/h6H,1-5H2,(H3,11,14,15,19). The van der Waals surface area contributed by atoms with Crippen molar-refractivity contribution in [2.75, 3.05) is 11.5 Å². The number of rotatable bonds is 7. The van der Waals surface area contributed by atoms with Crippen LogP contribution in [0.5, 0.6) is 0 Å². The molecule has 2 heterocycles. The van der Waals surface area contributed by atoms with Crippen LogP contribution in [0.2, 0.25) is 0 Å². The first-order valence-electron chi connectivity index (χ1n) is 6.42. The fourth-order valence-electron chi connectivity index (χ4n) is 1.97. The highest BCUT2D eigenvalue weighted by Gasteiger charge is 2.10. The molecule has 0 spiro atoms. The SMILES string of the molecule is [N-]=[N+]=NS(=O)(=O)CCCCCn1cnc2c(=O)[nH]c(N)nc21. The molecule has 0 fully saturated rings. The number of aryl methyl sites for hydroxylation is 1. The molecule has 0 aliphatic heterocycles. The highest BCUT2D eigenvalue weighted by Crippen LogP contribution is 2.09. The molecule has 118 valence electrons. The summed E-state index contributed by atoms with van der Waals surface area (Å²) in [5, 5.41) is 0. The Labute approximate surface area is 124 Å². The van der Waals surface area contributed by atoms with E-state index in [4.69, 9.17) is 11.3 Å². The quantitative estimate of drug-likeness (QED) is 0.324. The van der Waals surface area contributed by atoms with E-state index in [0.717, 1.165) is 0 Å². The number of nitrogens with two attached hydrogens (primary N) is 1. The summed E-state index contributed by atoms with van der Waals surface area (Å²) in [5.74, 6) is -0.174. The van der Waals surface area contributed by atoms with Gasteiger partial charge in [-0.25, -0.2) is 13.4 Å². The summed E-state index contributed by atoms with van der Waals surface area (Å²) in [6.07, 6.45) is 3.14. The topological polar surface area (TPSA) is 172 Å². The van der Waals surface area contributed by atoms with Crippen LogP contribution in [0.15, 0.2) is 15.6 Å². The van der Waals surface area contributed by atoms with E-state index >= 15 is 0 Å². The van der Waals surface area contributed by atoms with Crippen molar-refractivity contribution in [3.8, 4) is 0 Å². The minimum Gasteiger partial charge on any atom is -0.369 e. The van der Waals surface area contributed by atoms with Gasteiger partial charge in [-0.1, -0.05) is 6.42 Å². The minimum absolute atomic E-state index is 0.0136. The molecule has 0 atom stereocenters. The molecule has 3 N–H and O–H groups in total. The van der Waals surface area contributed by atoms with Crippen molar-refractivity contribution >= 4 is 27.1 Å². The highest BCUT2D eigenvalue weighted by atomic mass is 32.2. The van der Waals surface area contributed by atoms with Crippen LogP contribution in [0.3, 0.4) is 0 Å². The van der Waals surface area contributed by atoms with Crippen molar-refractivity contribution in [3.63, 3.8) is 0 Å². The first kappa shape index (κ1) is 15.8. The molecule has 0 saturated carbocycles. The van der Waals surface area contributed by atoms with Gasteiger partial charge in [-0.15, -0.1) is 0 Å². The fourth-order valence-corrected chi connectivity index (χ4v) is 2.74. The fraction of sp³-hybridized carbons (Fsp3) is 0.500. The van der Waals surface area contributed by atoms with Crippen LogP contribution in [0.4, 0.5) is 5.95 Å². The number of H-pyrrole nitrogens is 1. The van der Waals surface area contributed by atoms with Crippen LogP contribution in [0, 0.1) is 0 Å². The summed E-state index contributed by atoms with van der Waals surface area (Å²) < 4.78 is 26.8. The lowest BCUT2D eigenvalue weighted by Gasteiger charge is -2.03. The summed E-state index contributed by atoms with van der Waals surface area (Å²) in [6, 6.07) is 0. The summed E-state index contributed by atoms with van der Waals surface area (Å²) in [4.78, 5) is 24.2. The Kier molecular flexibility index (Phi) is 4.63. The Bertz CT molecular complexity index is 877. The number of aromatic amines is 1. The first-order chi connectivity index (χ1) is 10.4. The number of aromatic nitrogens is 4. The third-order valence-corrected chi connectivity index (χ3v) is 4.08. The third-order valence-electron chi connectivity index (χ3n) is 2.96. The number of hydrogen-bond donors (Lipinski definition) is 2. The summed E-state index contributed by atoms with van der Waals surface area (Å²) in [6.45, 7) is 0.522. The van der Waals surface area contributed by atoms with Crippen molar-refractivity contribution in [3.05, 3.63) is 27.1 Å². The monoisotopic (exact) mass is 326 g/mol. The Hall–Kier alpha value is -2.59. The molecule has 0 bridgehead atoms. The number of sulfonamides is 1. The van der Waals surface area contributed by atoms with Gasteiger partial charge in [0.1, 0.15) is 0 Å². The number of unbranched alkanes of at least 4 members (excludes halogenated alkanes) is 2. The molecule has 0 aromatic carbocycles. The average molecular weight is 326 g/mol. The zero-order valence-corrected chi connectivity index (χ0v) is 12.3. The predicted molar refractivity (Wildman–Crippen MR) is 79.3 cm³/mol. The summed E-state index contributed by atoms with van der Waals surface area (Å²) in [5.41, 5.74) is 13.8. The van der Waals surface area contributed by atoms with Gasteiger partial charge in [0.2, 0.25) is 16.0 Å². The molecule has 0 amide bonds. The molecule has 22 heavy (non-hydrogen) atoms. The number of imidazole rings is 1. The molecule has 2 aromatic rings. The second-order valence-electron chi connectivity index (χ2n) is 4.58. The maximum atomic E-state index is 11.6. The van der Waals surface area contributed by atoms with E-state index in [1.807, 2.05) is 0 Å². The second-order valence-corrected chi connectivity index (χ2v) is 6.31. The van der Waals surface area contributed by atoms with Crippen molar-refractivity contribution in [2.24, 2.45) is 4.52 Å². The predicted octanol–water partition coefficient (Wildman–Crippen LogP) is 0.512. The number of fused-ring (bicyclic) bond motifs is 1. The zero-order chi connectivity index (χ0) is 16.2. The Morgan fingerprint density at radius 2 is 2.18 bits per heavy atom. The highest BCUT2D eigenvalue weighted by molar-refractivity contribution is 7.89. The average Bonchev–Trinajstić information content (AvgIpc) is 2.81. The first-order valence-corrected chi connectivity index (χ1v) is 8.03. The van der Waals surface area contributed by atoms with Crippen molar-refractivity contribution in [1.82, 2.24) is 19.5 Å². The maximum absolute atomic E-state index is 11.6. The maximum Gasteiger partial charge on any atom is 0.280 e. The Morgan fingerprint density at radius 1 is 1.41 bits per heavy atom. The van der Waals surface area contributed by atoms with E-state index in [9.17, 15) is 13.2 Å². The van der Waals surface area contributed by atoms with Gasteiger partial charge >= 0.3 is 0 Å². The molecule has 0 saturated heterocycles. The molecule has 2 aromatic heterocycles. The van der Waals surface area contributed by atoms with Gasteiger partial charge in [0.25, 0.3) is 5.56 Å². The van der Waals surface area contributed by atoms with Crippen LogP contribution in [-0.2, 0) is 16.6 Å². The Balaban J connectivity index is 1.93. The molecular weight excluding hydrogens is 312 g/mol. The Morgan fingerprint density at radius 3 is 2.91 bits per heavy atom. The van der Waals surface area contributed by atoms with Gasteiger partial charge in [0, 0.05) is 16.0 Å². The van der Waals surface area contributed by atoms with Crippen LogP contribution in [-0.4, -0.2) is 33.7 Å². The molecule has 0 aliphatic rings. The van der Waals surface area contributed by atoms with Gasteiger partial charge in [-0.2, -0.15) is 4.98 Å². The van der Waals surface area contributed by atoms with Crippen molar-refractivity contribution < 1.29 is 8.42 Å². The van der Waals surface area contributed by atoms with Crippen LogP contribution in [0.1, 0.15) is 19.3 Å². The molecule has 0 aliphatic carbocycles. The number of anilines is 1. The van der Waals surface area contributed by atoms with Gasteiger partial charge < -0.3 is 10.3 Å². The zero-order valence-electron chi connectivity index (χ0n) is 11.5. The van der Waals surface area contributed by atoms with E-state index in [1.165, 1.54) is 6.33 Å². The lowest BCUT2D eigenvalue weighted by molar-refractivity contribution is 0.581. The van der Waals surface area contributed by atoms with E-state index in [1.54, 1.807) is 4.57 Å². The number of nitrogens with zero attached hydrogens (tertiary/aromatic N) is 6. The number of nitrogen functional groups attached to an aromatic ring is 1. The van der Waals surface area contributed by atoms with Gasteiger partial charge in [-0.05, 0) is 18.4 Å². The summed E-state index contributed by atoms with van der Waals surface area (Å²) >= 11 is 0. The second kappa shape index (κ2) is 6.45. The molecular formula is C10H14N8O3S. The largest absolute Gasteiger partial charge is 0.369 e. The minimum atomic E-state index is -3.70. The molecule has 0 unspecified atom stereocenters. The van der Waals surface area contributed by atoms with Crippen LogP contribution < -0.4 is 11.3 Å². The van der Waals surface area contributed by atoms with E-state index in [-0.39, 0.29) is 17.2 Å². The van der Waals surface area contributed by atoms with Crippen LogP contribution >= 0.6 is 0 Å².